The van der Waals surface area contributed by atoms with Gasteiger partial charge in [0, 0.05) is 13.8 Å². The third-order valence-corrected chi connectivity index (χ3v) is 1.51. The minimum absolute atomic E-state index is 0.454. The minimum Gasteiger partial charge on any atom is -0.319 e. The lowest BCUT2D eigenvalue weighted by molar-refractivity contribution is -0.141. The van der Waals surface area contributed by atoms with E-state index in [4.69, 9.17) is 0 Å². The zero-order valence-electron chi connectivity index (χ0n) is 9.94. The van der Waals surface area contributed by atoms with Crippen molar-refractivity contribution in [2.45, 2.75) is 40.5 Å². The molecule has 0 aliphatic heterocycles. The number of hydrogen-bond donors (Lipinski definition) is 0. The number of carbonyl (C=O) groups is 2. The molecule has 0 spiro atoms. The molecule has 16 heavy (non-hydrogen) atoms. The Hall–Kier alpha value is -1.72. The highest BCUT2D eigenvalue weighted by atomic mass is 16.7. The van der Waals surface area contributed by atoms with E-state index in [0.29, 0.717) is 24.3 Å². The van der Waals surface area contributed by atoms with Crippen LogP contribution in [0.25, 0.3) is 0 Å². The van der Waals surface area contributed by atoms with Crippen LogP contribution in [0.4, 0.5) is 0 Å². The maximum Gasteiger partial charge on any atom is 0.331 e. The standard InChI is InChI=1S/C10H16N2O4/c1-7(11-15-9(3)13)5-6-8(2)12-16-10(4)14/h5-6H2,1-4H3/b11-7+,12-8+. The average molecular weight is 228 g/mol. The Morgan fingerprint density at radius 2 is 1.12 bits per heavy atom. The molecule has 0 unspecified atom stereocenters. The summed E-state index contributed by atoms with van der Waals surface area (Å²) in [5.41, 5.74) is 1.35. The molecule has 0 saturated carbocycles. The van der Waals surface area contributed by atoms with Crippen molar-refractivity contribution >= 4 is 23.4 Å². The van der Waals surface area contributed by atoms with Crippen molar-refractivity contribution in [2.75, 3.05) is 0 Å². The molecule has 6 nitrogen and oxygen atoms in total. The summed E-state index contributed by atoms with van der Waals surface area (Å²) in [4.78, 5) is 29.8. The number of carbonyl (C=O) groups excluding carboxylic acids is 2. The van der Waals surface area contributed by atoms with E-state index >= 15 is 0 Å². The molecule has 0 heterocycles. The highest BCUT2D eigenvalue weighted by molar-refractivity contribution is 5.89. The predicted octanol–water partition coefficient (Wildman–Crippen LogP) is 1.64. The number of nitrogens with zero attached hydrogens (tertiary/aromatic N) is 2. The summed E-state index contributed by atoms with van der Waals surface area (Å²) in [6, 6.07) is 0. The van der Waals surface area contributed by atoms with Gasteiger partial charge in [-0.15, -0.1) is 0 Å². The Morgan fingerprint density at radius 3 is 1.38 bits per heavy atom. The molecule has 0 N–H and O–H groups in total. The highest BCUT2D eigenvalue weighted by Crippen LogP contribution is 1.97. The average Bonchev–Trinajstić information content (AvgIpc) is 2.20. The van der Waals surface area contributed by atoms with Crippen molar-refractivity contribution in [1.29, 1.82) is 0 Å². The second-order valence-electron chi connectivity index (χ2n) is 3.32. The van der Waals surface area contributed by atoms with Gasteiger partial charge in [-0.25, -0.2) is 9.59 Å². The Kier molecular flexibility index (Phi) is 6.74. The maximum atomic E-state index is 10.5. The first kappa shape index (κ1) is 14.3. The fraction of sp³-hybridized carbons (Fsp3) is 0.600. The van der Waals surface area contributed by atoms with Gasteiger partial charge in [-0.1, -0.05) is 10.3 Å². The van der Waals surface area contributed by atoms with Gasteiger partial charge in [-0.2, -0.15) is 0 Å². The summed E-state index contributed by atoms with van der Waals surface area (Å²) in [6.07, 6.45) is 1.17. The highest BCUT2D eigenvalue weighted by Gasteiger charge is 1.99. The molecule has 0 aromatic rings. The summed E-state index contributed by atoms with van der Waals surface area (Å²) in [7, 11) is 0. The number of rotatable bonds is 5. The third kappa shape index (κ3) is 8.86. The van der Waals surface area contributed by atoms with Crippen molar-refractivity contribution in [2.24, 2.45) is 10.3 Å². The number of oxime groups is 2. The molecular weight excluding hydrogens is 212 g/mol. The van der Waals surface area contributed by atoms with Crippen LogP contribution in [-0.4, -0.2) is 23.4 Å². The lowest BCUT2D eigenvalue weighted by Crippen LogP contribution is -2.02. The summed E-state index contributed by atoms with van der Waals surface area (Å²) in [5.74, 6) is -0.908. The van der Waals surface area contributed by atoms with Gasteiger partial charge in [0.25, 0.3) is 0 Å². The van der Waals surface area contributed by atoms with Crippen LogP contribution >= 0.6 is 0 Å². The van der Waals surface area contributed by atoms with Crippen molar-refractivity contribution in [3.8, 4) is 0 Å². The van der Waals surface area contributed by atoms with Gasteiger partial charge in [0.2, 0.25) is 0 Å². The molecule has 0 aliphatic rings. The maximum absolute atomic E-state index is 10.5. The molecule has 0 aliphatic carbocycles. The largest absolute Gasteiger partial charge is 0.331 e. The lowest BCUT2D eigenvalue weighted by Gasteiger charge is -1.99. The molecule has 0 radical (unpaired) electrons. The Morgan fingerprint density at radius 1 is 0.812 bits per heavy atom. The molecule has 90 valence electrons. The zero-order chi connectivity index (χ0) is 12.6. The summed E-state index contributed by atoms with van der Waals surface area (Å²) in [5, 5.41) is 7.19. The summed E-state index contributed by atoms with van der Waals surface area (Å²) in [6.45, 7) is 6.04. The van der Waals surface area contributed by atoms with Crippen molar-refractivity contribution in [3.63, 3.8) is 0 Å². The summed E-state index contributed by atoms with van der Waals surface area (Å²) >= 11 is 0. The molecular formula is C10H16N2O4. The van der Waals surface area contributed by atoms with Crippen LogP contribution in [0.3, 0.4) is 0 Å². The fourth-order valence-corrected chi connectivity index (χ4v) is 0.737. The van der Waals surface area contributed by atoms with E-state index in [9.17, 15) is 9.59 Å². The lowest BCUT2D eigenvalue weighted by atomic mass is 10.2. The van der Waals surface area contributed by atoms with Crippen LogP contribution in [0, 0.1) is 0 Å². The zero-order valence-corrected chi connectivity index (χ0v) is 9.94. The van der Waals surface area contributed by atoms with Gasteiger partial charge >= 0.3 is 11.9 Å². The topological polar surface area (TPSA) is 77.3 Å². The number of hydrogen-bond acceptors (Lipinski definition) is 6. The van der Waals surface area contributed by atoms with Gasteiger partial charge < -0.3 is 9.68 Å². The fourth-order valence-electron chi connectivity index (χ4n) is 0.737. The SMILES string of the molecule is CC(=O)O/N=C(\C)CC/C(C)=N/OC(C)=O. The van der Waals surface area contributed by atoms with Crippen molar-refractivity contribution in [1.82, 2.24) is 0 Å². The van der Waals surface area contributed by atoms with Crippen LogP contribution in [-0.2, 0) is 19.3 Å². The molecule has 0 atom stereocenters. The van der Waals surface area contributed by atoms with E-state index < -0.39 is 11.9 Å². The second-order valence-corrected chi connectivity index (χ2v) is 3.32. The van der Waals surface area contributed by atoms with Gasteiger partial charge in [-0.05, 0) is 26.7 Å². The van der Waals surface area contributed by atoms with Gasteiger partial charge in [-0.3, -0.25) is 0 Å². The summed E-state index contributed by atoms with van der Waals surface area (Å²) < 4.78 is 0. The predicted molar refractivity (Wildman–Crippen MR) is 59.0 cm³/mol. The van der Waals surface area contributed by atoms with Crippen LogP contribution < -0.4 is 0 Å². The first-order chi connectivity index (χ1) is 7.41. The molecule has 0 fully saturated rings. The first-order valence-corrected chi connectivity index (χ1v) is 4.84. The van der Waals surface area contributed by atoms with Gasteiger partial charge in [0.05, 0.1) is 11.4 Å². The Bertz CT molecular complexity index is 289. The van der Waals surface area contributed by atoms with Crippen LogP contribution in [0.2, 0.25) is 0 Å². The van der Waals surface area contributed by atoms with Crippen molar-refractivity contribution in [3.05, 3.63) is 0 Å². The molecule has 0 amide bonds. The monoisotopic (exact) mass is 228 g/mol. The van der Waals surface area contributed by atoms with E-state index in [1.807, 2.05) is 0 Å². The van der Waals surface area contributed by atoms with Crippen LogP contribution in [0.5, 0.6) is 0 Å². The minimum atomic E-state index is -0.454. The molecule has 0 bridgehead atoms. The van der Waals surface area contributed by atoms with Crippen LogP contribution in [0.15, 0.2) is 10.3 Å². The van der Waals surface area contributed by atoms with E-state index in [2.05, 4.69) is 20.0 Å². The van der Waals surface area contributed by atoms with E-state index in [1.165, 1.54) is 13.8 Å². The normalized spacial score (nSPS) is 12.2. The smallest absolute Gasteiger partial charge is 0.319 e. The molecule has 0 aromatic heterocycles. The first-order valence-electron chi connectivity index (χ1n) is 4.84. The van der Waals surface area contributed by atoms with E-state index in [-0.39, 0.29) is 0 Å². The second kappa shape index (κ2) is 7.56. The quantitative estimate of drug-likeness (QED) is 0.407. The van der Waals surface area contributed by atoms with Crippen LogP contribution in [0.1, 0.15) is 40.5 Å². The molecule has 0 saturated heterocycles. The Labute approximate surface area is 94.3 Å². The van der Waals surface area contributed by atoms with Crippen molar-refractivity contribution < 1.29 is 19.3 Å². The Balaban J connectivity index is 3.95. The third-order valence-electron chi connectivity index (χ3n) is 1.51. The molecule has 6 heteroatoms. The molecule has 0 rings (SSSR count). The van der Waals surface area contributed by atoms with Gasteiger partial charge in [0.1, 0.15) is 0 Å². The molecule has 0 aromatic carbocycles. The van der Waals surface area contributed by atoms with Gasteiger partial charge in [0.15, 0.2) is 0 Å². The van der Waals surface area contributed by atoms with E-state index in [1.54, 1.807) is 13.8 Å². The van der Waals surface area contributed by atoms with E-state index in [0.717, 1.165) is 0 Å².